The zero-order valence-corrected chi connectivity index (χ0v) is 14.3. The van der Waals surface area contributed by atoms with Crippen LogP contribution in [0.5, 0.6) is 0 Å². The molecule has 3 aromatic rings. The van der Waals surface area contributed by atoms with Crippen LogP contribution in [0.15, 0.2) is 61.2 Å². The van der Waals surface area contributed by atoms with Gasteiger partial charge in [-0.1, -0.05) is 0 Å². The van der Waals surface area contributed by atoms with E-state index < -0.39 is 0 Å². The molecule has 132 valence electrons. The summed E-state index contributed by atoms with van der Waals surface area (Å²) in [5.41, 5.74) is 2.08. The minimum atomic E-state index is -0.315. The van der Waals surface area contributed by atoms with Crippen molar-refractivity contribution in [1.29, 1.82) is 0 Å². The monoisotopic (exact) mass is 351 g/mol. The van der Waals surface area contributed by atoms with Gasteiger partial charge in [0, 0.05) is 37.7 Å². The highest BCUT2D eigenvalue weighted by Crippen LogP contribution is 2.15. The van der Waals surface area contributed by atoms with E-state index in [0.29, 0.717) is 23.7 Å². The average molecular weight is 351 g/mol. The van der Waals surface area contributed by atoms with Gasteiger partial charge in [0.1, 0.15) is 23.7 Å². The molecular weight excluding hydrogens is 333 g/mol. The Morgan fingerprint density at radius 1 is 1.12 bits per heavy atom. The SMILES string of the molecule is CN(CCc1ccncc1)C(=O)c1cc(Nc2ccc(F)cc2)ncn1. The molecule has 3 rings (SSSR count). The van der Waals surface area contributed by atoms with Crippen LogP contribution in [0.2, 0.25) is 0 Å². The number of carbonyl (C=O) groups excluding carboxylic acids is 1. The minimum Gasteiger partial charge on any atom is -0.340 e. The van der Waals surface area contributed by atoms with Crippen molar-refractivity contribution in [2.24, 2.45) is 0 Å². The quantitative estimate of drug-likeness (QED) is 0.739. The molecule has 0 aliphatic carbocycles. The van der Waals surface area contributed by atoms with Crippen molar-refractivity contribution in [3.05, 3.63) is 78.3 Å². The van der Waals surface area contributed by atoms with Crippen LogP contribution >= 0.6 is 0 Å². The van der Waals surface area contributed by atoms with E-state index in [1.807, 2.05) is 12.1 Å². The number of benzene rings is 1. The number of pyridine rings is 1. The van der Waals surface area contributed by atoms with E-state index >= 15 is 0 Å². The smallest absolute Gasteiger partial charge is 0.272 e. The van der Waals surface area contributed by atoms with Crippen LogP contribution < -0.4 is 5.32 Å². The highest BCUT2D eigenvalue weighted by Gasteiger charge is 2.14. The minimum absolute atomic E-state index is 0.191. The molecule has 0 radical (unpaired) electrons. The molecule has 1 aromatic carbocycles. The Morgan fingerprint density at radius 3 is 2.58 bits per heavy atom. The normalized spacial score (nSPS) is 10.4. The van der Waals surface area contributed by atoms with Crippen LogP contribution in [0.25, 0.3) is 0 Å². The van der Waals surface area contributed by atoms with E-state index in [4.69, 9.17) is 0 Å². The largest absolute Gasteiger partial charge is 0.340 e. The van der Waals surface area contributed by atoms with Gasteiger partial charge in [-0.15, -0.1) is 0 Å². The second-order valence-electron chi connectivity index (χ2n) is 5.75. The van der Waals surface area contributed by atoms with Crippen LogP contribution in [0.4, 0.5) is 15.9 Å². The molecule has 26 heavy (non-hydrogen) atoms. The van der Waals surface area contributed by atoms with Gasteiger partial charge in [0.05, 0.1) is 0 Å². The van der Waals surface area contributed by atoms with E-state index in [9.17, 15) is 9.18 Å². The fourth-order valence-corrected chi connectivity index (χ4v) is 2.37. The van der Waals surface area contributed by atoms with E-state index in [2.05, 4.69) is 20.3 Å². The van der Waals surface area contributed by atoms with E-state index in [-0.39, 0.29) is 11.7 Å². The maximum absolute atomic E-state index is 13.0. The average Bonchev–Trinajstić information content (AvgIpc) is 2.68. The summed E-state index contributed by atoms with van der Waals surface area (Å²) in [4.78, 5) is 26.3. The molecular formula is C19H18FN5O. The summed E-state index contributed by atoms with van der Waals surface area (Å²) >= 11 is 0. The van der Waals surface area contributed by atoms with Crippen LogP contribution in [-0.2, 0) is 6.42 Å². The fraction of sp³-hybridized carbons (Fsp3) is 0.158. The molecule has 6 nitrogen and oxygen atoms in total. The first-order chi connectivity index (χ1) is 12.6. The van der Waals surface area contributed by atoms with Gasteiger partial charge in [-0.3, -0.25) is 9.78 Å². The number of likely N-dealkylation sites (N-methyl/N-ethyl adjacent to an activating group) is 1. The Labute approximate surface area is 150 Å². The summed E-state index contributed by atoms with van der Waals surface area (Å²) in [5.74, 6) is -0.0361. The van der Waals surface area contributed by atoms with Crippen LogP contribution in [0, 0.1) is 5.82 Å². The lowest BCUT2D eigenvalue weighted by Crippen LogP contribution is -2.29. The van der Waals surface area contributed by atoms with Gasteiger partial charge in [-0.2, -0.15) is 0 Å². The molecule has 2 heterocycles. The first kappa shape index (κ1) is 17.5. The first-order valence-corrected chi connectivity index (χ1v) is 8.11. The van der Waals surface area contributed by atoms with Crippen molar-refractivity contribution in [1.82, 2.24) is 19.9 Å². The molecule has 0 fully saturated rings. The standard InChI is InChI=1S/C19H18FN5O/c1-25(11-8-14-6-9-21-10-7-14)19(26)17-12-18(23-13-22-17)24-16-4-2-15(20)3-5-16/h2-7,9-10,12-13H,8,11H2,1H3,(H,22,23,24). The first-order valence-electron chi connectivity index (χ1n) is 8.11. The molecule has 1 N–H and O–H groups in total. The molecule has 0 saturated heterocycles. The van der Waals surface area contributed by atoms with Crippen molar-refractivity contribution in [3.63, 3.8) is 0 Å². The number of nitrogens with zero attached hydrogens (tertiary/aromatic N) is 4. The van der Waals surface area contributed by atoms with Crippen LogP contribution in [0.1, 0.15) is 16.1 Å². The van der Waals surface area contributed by atoms with Crippen molar-refractivity contribution in [2.75, 3.05) is 18.9 Å². The summed E-state index contributed by atoms with van der Waals surface area (Å²) in [7, 11) is 1.73. The van der Waals surface area contributed by atoms with Gasteiger partial charge in [0.25, 0.3) is 5.91 Å². The Hall–Kier alpha value is -3.35. The predicted molar refractivity (Wildman–Crippen MR) is 96.6 cm³/mol. The number of nitrogens with one attached hydrogen (secondary N) is 1. The number of hydrogen-bond acceptors (Lipinski definition) is 5. The third kappa shape index (κ3) is 4.60. The molecule has 0 saturated carbocycles. The summed E-state index contributed by atoms with van der Waals surface area (Å²) in [6.07, 6.45) is 5.52. The second-order valence-corrected chi connectivity index (χ2v) is 5.75. The molecule has 7 heteroatoms. The Kier molecular flexibility index (Phi) is 5.48. The molecule has 1 amide bonds. The third-order valence-corrected chi connectivity index (χ3v) is 3.83. The van der Waals surface area contributed by atoms with Gasteiger partial charge in [-0.25, -0.2) is 14.4 Å². The number of anilines is 2. The van der Waals surface area contributed by atoms with Gasteiger partial charge < -0.3 is 10.2 Å². The number of rotatable bonds is 6. The van der Waals surface area contributed by atoms with Crippen LogP contribution in [-0.4, -0.2) is 39.4 Å². The van der Waals surface area contributed by atoms with E-state index in [0.717, 1.165) is 12.0 Å². The van der Waals surface area contributed by atoms with Crippen molar-refractivity contribution >= 4 is 17.4 Å². The van der Waals surface area contributed by atoms with Crippen molar-refractivity contribution < 1.29 is 9.18 Å². The summed E-state index contributed by atoms with van der Waals surface area (Å²) in [5, 5.41) is 3.03. The third-order valence-electron chi connectivity index (χ3n) is 3.83. The van der Waals surface area contributed by atoms with Gasteiger partial charge >= 0.3 is 0 Å². The fourth-order valence-electron chi connectivity index (χ4n) is 2.37. The second kappa shape index (κ2) is 8.15. The Balaban J connectivity index is 1.64. The van der Waals surface area contributed by atoms with Crippen LogP contribution in [0.3, 0.4) is 0 Å². The highest BCUT2D eigenvalue weighted by atomic mass is 19.1. The number of amides is 1. The summed E-state index contributed by atoms with van der Waals surface area (Å²) < 4.78 is 13.0. The molecule has 0 aliphatic heterocycles. The van der Waals surface area contributed by atoms with Crippen molar-refractivity contribution in [2.45, 2.75) is 6.42 Å². The van der Waals surface area contributed by atoms with Gasteiger partial charge in [0.15, 0.2) is 0 Å². The Bertz CT molecular complexity index is 871. The maximum Gasteiger partial charge on any atom is 0.272 e. The number of hydrogen-bond donors (Lipinski definition) is 1. The maximum atomic E-state index is 13.0. The van der Waals surface area contributed by atoms with Gasteiger partial charge in [-0.05, 0) is 48.4 Å². The Morgan fingerprint density at radius 2 is 1.85 bits per heavy atom. The topological polar surface area (TPSA) is 71.0 Å². The highest BCUT2D eigenvalue weighted by molar-refractivity contribution is 5.92. The predicted octanol–water partition coefficient (Wildman–Crippen LogP) is 3.07. The summed E-state index contributed by atoms with van der Waals surface area (Å²) in [6, 6.07) is 11.3. The molecule has 0 spiro atoms. The number of halogens is 1. The van der Waals surface area contributed by atoms with E-state index in [1.165, 1.54) is 18.5 Å². The number of aromatic nitrogens is 3. The van der Waals surface area contributed by atoms with Gasteiger partial charge in [0.2, 0.25) is 0 Å². The lowest BCUT2D eigenvalue weighted by molar-refractivity contribution is 0.0790. The molecule has 0 bridgehead atoms. The zero-order chi connectivity index (χ0) is 18.4. The van der Waals surface area contributed by atoms with E-state index in [1.54, 1.807) is 42.5 Å². The molecule has 0 aliphatic rings. The molecule has 2 aromatic heterocycles. The lowest BCUT2D eigenvalue weighted by atomic mass is 10.2. The van der Waals surface area contributed by atoms with Crippen molar-refractivity contribution in [3.8, 4) is 0 Å². The number of carbonyl (C=O) groups is 1. The summed E-state index contributed by atoms with van der Waals surface area (Å²) in [6.45, 7) is 0.563. The molecule has 0 atom stereocenters. The molecule has 0 unspecified atom stereocenters. The lowest BCUT2D eigenvalue weighted by Gasteiger charge is -2.17. The zero-order valence-electron chi connectivity index (χ0n) is 14.3.